The van der Waals surface area contributed by atoms with E-state index in [4.69, 9.17) is 5.10 Å². The second-order valence-corrected chi connectivity index (χ2v) is 8.65. The third kappa shape index (κ3) is 4.82. The number of rotatable bonds is 7. The zero-order chi connectivity index (χ0) is 21.8. The van der Waals surface area contributed by atoms with E-state index in [1.165, 1.54) is 11.3 Å². The number of carbonyl (C=O) groups is 2. The molecule has 0 atom stereocenters. The highest BCUT2D eigenvalue weighted by atomic mass is 16.2. The van der Waals surface area contributed by atoms with Gasteiger partial charge in [0.15, 0.2) is 5.69 Å². The summed E-state index contributed by atoms with van der Waals surface area (Å²) in [5.41, 5.74) is 5.12. The molecule has 1 aliphatic heterocycles. The summed E-state index contributed by atoms with van der Waals surface area (Å²) in [6.07, 6.45) is 5.03. The predicted octanol–water partition coefficient (Wildman–Crippen LogP) is 2.34. The quantitative estimate of drug-likeness (QED) is 0.694. The maximum Gasteiger partial charge on any atom is 0.274 e. The van der Waals surface area contributed by atoms with Crippen molar-refractivity contribution in [3.05, 3.63) is 46.8 Å². The Morgan fingerprint density at radius 1 is 1.06 bits per heavy atom. The van der Waals surface area contributed by atoms with Crippen molar-refractivity contribution in [1.29, 1.82) is 0 Å². The molecular formula is C24H33N5O2. The minimum Gasteiger partial charge on any atom is -0.355 e. The van der Waals surface area contributed by atoms with E-state index in [1.54, 1.807) is 0 Å². The van der Waals surface area contributed by atoms with Crippen LogP contribution in [0.15, 0.2) is 24.3 Å². The topological polar surface area (TPSA) is 70.5 Å². The molecular weight excluding hydrogens is 390 g/mol. The number of benzene rings is 1. The van der Waals surface area contributed by atoms with E-state index < -0.39 is 0 Å². The van der Waals surface area contributed by atoms with Gasteiger partial charge in [-0.25, -0.2) is 4.68 Å². The molecule has 1 aliphatic carbocycles. The van der Waals surface area contributed by atoms with Crippen LogP contribution in [-0.4, -0.2) is 70.7 Å². The van der Waals surface area contributed by atoms with Gasteiger partial charge in [0.2, 0.25) is 5.91 Å². The van der Waals surface area contributed by atoms with Crippen molar-refractivity contribution in [3.8, 4) is 5.69 Å². The number of aromatic nitrogens is 2. The number of aryl methyl sites for hydroxylation is 1. The van der Waals surface area contributed by atoms with E-state index in [0.29, 0.717) is 38.4 Å². The van der Waals surface area contributed by atoms with Crippen LogP contribution in [0.3, 0.4) is 0 Å². The van der Waals surface area contributed by atoms with Crippen LogP contribution in [0.25, 0.3) is 5.69 Å². The number of hydrogen-bond donors (Lipinski definition) is 1. The Morgan fingerprint density at radius 3 is 2.52 bits per heavy atom. The average molecular weight is 424 g/mol. The molecule has 1 N–H and O–H groups in total. The second-order valence-electron chi connectivity index (χ2n) is 8.65. The number of unbranched alkanes of at least 4 members (excludes halogenated alkanes) is 1. The smallest absolute Gasteiger partial charge is 0.274 e. The molecule has 2 aliphatic rings. The van der Waals surface area contributed by atoms with Crippen LogP contribution in [0.2, 0.25) is 0 Å². The van der Waals surface area contributed by atoms with Gasteiger partial charge in [-0.05, 0) is 44.7 Å². The third-order valence-electron chi connectivity index (χ3n) is 6.29. The summed E-state index contributed by atoms with van der Waals surface area (Å²) in [5.74, 6) is 0.0962. The fourth-order valence-electron chi connectivity index (χ4n) is 4.43. The highest BCUT2D eigenvalue weighted by Crippen LogP contribution is 2.29. The molecule has 0 bridgehead atoms. The lowest BCUT2D eigenvalue weighted by molar-refractivity contribution is -0.122. The summed E-state index contributed by atoms with van der Waals surface area (Å²) in [6, 6.07) is 8.30. The molecule has 1 aromatic carbocycles. The summed E-state index contributed by atoms with van der Waals surface area (Å²) < 4.78 is 1.96. The van der Waals surface area contributed by atoms with Crippen LogP contribution in [0.1, 0.15) is 53.5 Å². The first-order chi connectivity index (χ1) is 15.1. The van der Waals surface area contributed by atoms with E-state index in [1.807, 2.05) is 9.58 Å². The predicted molar refractivity (Wildman–Crippen MR) is 121 cm³/mol. The Morgan fingerprint density at radius 2 is 1.81 bits per heavy atom. The zero-order valence-corrected chi connectivity index (χ0v) is 18.7. The Hall–Kier alpha value is -2.67. The summed E-state index contributed by atoms with van der Waals surface area (Å²) >= 11 is 0. The number of carbonyl (C=O) groups excluding carboxylic acids is 2. The van der Waals surface area contributed by atoms with Crippen LogP contribution >= 0.6 is 0 Å². The van der Waals surface area contributed by atoms with E-state index in [2.05, 4.69) is 48.3 Å². The Labute approximate surface area is 184 Å². The van der Waals surface area contributed by atoms with E-state index in [0.717, 1.165) is 49.9 Å². The van der Waals surface area contributed by atoms with Crippen molar-refractivity contribution >= 4 is 11.8 Å². The molecule has 7 nitrogen and oxygen atoms in total. The van der Waals surface area contributed by atoms with Gasteiger partial charge in [-0.15, -0.1) is 0 Å². The van der Waals surface area contributed by atoms with Gasteiger partial charge >= 0.3 is 0 Å². The molecule has 2 aromatic rings. The molecule has 0 spiro atoms. The molecule has 0 saturated carbocycles. The van der Waals surface area contributed by atoms with Gasteiger partial charge < -0.3 is 10.2 Å². The van der Waals surface area contributed by atoms with Crippen molar-refractivity contribution in [2.75, 3.05) is 39.3 Å². The number of nitrogens with one attached hydrogen (secondary N) is 1. The minimum absolute atomic E-state index is 0.0241. The molecule has 0 unspecified atom stereocenters. The SMILES string of the molecule is CCCCNC(=O)CN1CCN(C(=O)c2nn(-c3ccc(C)cc3)c3c2CCC3)CC1. The van der Waals surface area contributed by atoms with Gasteiger partial charge in [0.1, 0.15) is 0 Å². The fourth-order valence-corrected chi connectivity index (χ4v) is 4.43. The minimum atomic E-state index is 0.0241. The van der Waals surface area contributed by atoms with Gasteiger partial charge in [0.05, 0.1) is 12.2 Å². The first kappa shape index (κ1) is 21.6. The molecule has 2 heterocycles. The highest BCUT2D eigenvalue weighted by Gasteiger charge is 2.31. The Kier molecular flexibility index (Phi) is 6.70. The molecule has 7 heteroatoms. The standard InChI is InChI=1S/C24H33N5O2/c1-3-4-12-25-22(30)17-27-13-15-28(16-14-27)24(31)23-20-6-5-7-21(20)29(26-23)19-10-8-18(2)9-11-19/h8-11H,3-7,12-17H2,1-2H3,(H,25,30). The van der Waals surface area contributed by atoms with Crippen molar-refractivity contribution in [3.63, 3.8) is 0 Å². The van der Waals surface area contributed by atoms with E-state index in [-0.39, 0.29) is 11.8 Å². The van der Waals surface area contributed by atoms with Gasteiger partial charge in [-0.2, -0.15) is 5.10 Å². The highest BCUT2D eigenvalue weighted by molar-refractivity contribution is 5.94. The maximum absolute atomic E-state index is 13.3. The molecule has 1 saturated heterocycles. The number of amides is 2. The number of fused-ring (bicyclic) bond motifs is 1. The number of nitrogens with zero attached hydrogens (tertiary/aromatic N) is 4. The molecule has 31 heavy (non-hydrogen) atoms. The monoisotopic (exact) mass is 423 g/mol. The Balaban J connectivity index is 1.40. The van der Waals surface area contributed by atoms with Gasteiger partial charge in [0, 0.05) is 44.0 Å². The maximum atomic E-state index is 13.3. The molecule has 2 amide bonds. The van der Waals surface area contributed by atoms with E-state index >= 15 is 0 Å². The van der Waals surface area contributed by atoms with Crippen molar-refractivity contribution in [2.24, 2.45) is 0 Å². The molecule has 1 fully saturated rings. The van der Waals surface area contributed by atoms with Crippen LogP contribution in [0, 0.1) is 6.92 Å². The third-order valence-corrected chi connectivity index (χ3v) is 6.29. The molecule has 0 radical (unpaired) electrons. The second kappa shape index (κ2) is 9.64. The Bertz CT molecular complexity index is 926. The number of piperazine rings is 1. The van der Waals surface area contributed by atoms with Crippen molar-refractivity contribution in [2.45, 2.75) is 46.0 Å². The van der Waals surface area contributed by atoms with Gasteiger partial charge in [-0.1, -0.05) is 31.0 Å². The first-order valence-corrected chi connectivity index (χ1v) is 11.5. The number of hydrogen-bond acceptors (Lipinski definition) is 4. The van der Waals surface area contributed by atoms with Crippen LogP contribution < -0.4 is 5.32 Å². The summed E-state index contributed by atoms with van der Waals surface area (Å²) in [5, 5.41) is 7.73. The zero-order valence-electron chi connectivity index (χ0n) is 18.7. The van der Waals surface area contributed by atoms with Crippen LogP contribution in [0.4, 0.5) is 0 Å². The van der Waals surface area contributed by atoms with Crippen molar-refractivity contribution in [1.82, 2.24) is 24.9 Å². The van der Waals surface area contributed by atoms with Crippen LogP contribution in [0.5, 0.6) is 0 Å². The van der Waals surface area contributed by atoms with Gasteiger partial charge in [-0.3, -0.25) is 14.5 Å². The molecule has 4 rings (SSSR count). The van der Waals surface area contributed by atoms with Crippen LogP contribution in [-0.2, 0) is 17.6 Å². The lowest BCUT2D eigenvalue weighted by Crippen LogP contribution is -2.51. The van der Waals surface area contributed by atoms with Gasteiger partial charge in [0.25, 0.3) is 5.91 Å². The first-order valence-electron chi connectivity index (χ1n) is 11.5. The summed E-state index contributed by atoms with van der Waals surface area (Å²) in [7, 11) is 0. The summed E-state index contributed by atoms with van der Waals surface area (Å²) in [6.45, 7) is 8.02. The molecule has 166 valence electrons. The van der Waals surface area contributed by atoms with E-state index in [9.17, 15) is 9.59 Å². The molecule has 1 aromatic heterocycles. The lowest BCUT2D eigenvalue weighted by atomic mass is 10.1. The fraction of sp³-hybridized carbons (Fsp3) is 0.542. The average Bonchev–Trinajstić information content (AvgIpc) is 3.38. The largest absolute Gasteiger partial charge is 0.355 e. The van der Waals surface area contributed by atoms with Crippen molar-refractivity contribution < 1.29 is 9.59 Å². The lowest BCUT2D eigenvalue weighted by Gasteiger charge is -2.34. The summed E-state index contributed by atoms with van der Waals surface area (Å²) in [4.78, 5) is 29.4. The normalized spacial score (nSPS) is 16.4.